The SMILES string of the molecule is O=S(=O)(F)N(SF)c1cccc(F)c1. The smallest absolute Gasteiger partial charge is 0.207 e. The molecular formula is C6H4F3NO2S2. The zero-order valence-electron chi connectivity index (χ0n) is 6.52. The predicted octanol–water partition coefficient (Wildman–Crippen LogP) is 2.38. The second-order valence-corrected chi connectivity index (χ2v) is 4.14. The molecule has 0 aliphatic rings. The van der Waals surface area contributed by atoms with Crippen LogP contribution in [0.1, 0.15) is 0 Å². The second kappa shape index (κ2) is 4.09. The number of hydrogen-bond acceptors (Lipinski definition) is 3. The third kappa shape index (κ3) is 2.55. The van der Waals surface area contributed by atoms with Crippen LogP contribution in [0.2, 0.25) is 0 Å². The first kappa shape index (κ1) is 11.2. The molecule has 14 heavy (non-hydrogen) atoms. The zero-order chi connectivity index (χ0) is 10.8. The van der Waals surface area contributed by atoms with E-state index >= 15 is 0 Å². The van der Waals surface area contributed by atoms with Gasteiger partial charge in [0, 0.05) is 0 Å². The maximum Gasteiger partial charge on any atom is 0.411 e. The van der Waals surface area contributed by atoms with Crippen molar-refractivity contribution < 1.29 is 20.6 Å². The van der Waals surface area contributed by atoms with Crippen molar-refractivity contribution >= 4 is 28.4 Å². The van der Waals surface area contributed by atoms with Crippen LogP contribution in [0.4, 0.5) is 17.8 Å². The van der Waals surface area contributed by atoms with Crippen molar-refractivity contribution in [3.05, 3.63) is 30.1 Å². The molecule has 0 heterocycles. The van der Waals surface area contributed by atoms with Gasteiger partial charge in [0.15, 0.2) is 12.3 Å². The minimum absolute atomic E-state index is 0.268. The summed E-state index contributed by atoms with van der Waals surface area (Å²) in [6, 6.07) is 3.92. The lowest BCUT2D eigenvalue weighted by Gasteiger charge is -2.12. The van der Waals surface area contributed by atoms with Crippen molar-refractivity contribution in [2.24, 2.45) is 0 Å². The van der Waals surface area contributed by atoms with Gasteiger partial charge in [-0.05, 0) is 18.2 Å². The first-order valence-corrected chi connectivity index (χ1v) is 5.26. The van der Waals surface area contributed by atoms with E-state index in [2.05, 4.69) is 0 Å². The average molecular weight is 243 g/mol. The van der Waals surface area contributed by atoms with E-state index in [4.69, 9.17) is 0 Å². The Morgan fingerprint density at radius 1 is 1.36 bits per heavy atom. The zero-order valence-corrected chi connectivity index (χ0v) is 8.16. The summed E-state index contributed by atoms with van der Waals surface area (Å²) in [7, 11) is -5.23. The van der Waals surface area contributed by atoms with E-state index in [9.17, 15) is 20.6 Å². The molecule has 0 amide bonds. The van der Waals surface area contributed by atoms with E-state index in [1.165, 1.54) is 0 Å². The normalized spacial score (nSPS) is 11.4. The summed E-state index contributed by atoms with van der Waals surface area (Å²) >= 11 is -0.858. The fraction of sp³-hybridized carbons (Fsp3) is 0. The van der Waals surface area contributed by atoms with Crippen molar-refractivity contribution in [3.63, 3.8) is 0 Å². The van der Waals surface area contributed by atoms with Crippen molar-refractivity contribution in [1.29, 1.82) is 0 Å². The van der Waals surface area contributed by atoms with E-state index < -0.39 is 34.2 Å². The first-order chi connectivity index (χ1) is 6.45. The van der Waals surface area contributed by atoms with Gasteiger partial charge in [-0.3, -0.25) is 0 Å². The molecule has 3 nitrogen and oxygen atoms in total. The maximum atomic E-state index is 12.6. The Morgan fingerprint density at radius 3 is 2.43 bits per heavy atom. The lowest BCUT2D eigenvalue weighted by atomic mass is 10.3. The number of hydrogen-bond donors (Lipinski definition) is 0. The molecule has 0 saturated carbocycles. The van der Waals surface area contributed by atoms with Crippen molar-refractivity contribution in [2.75, 3.05) is 3.71 Å². The minimum atomic E-state index is -5.23. The van der Waals surface area contributed by atoms with Crippen LogP contribution in [0, 0.1) is 5.82 Å². The van der Waals surface area contributed by atoms with Crippen LogP contribution in [0.15, 0.2) is 24.3 Å². The molecule has 0 saturated heterocycles. The lowest BCUT2D eigenvalue weighted by Crippen LogP contribution is -2.18. The molecule has 1 aromatic rings. The number of anilines is 1. The molecule has 0 aromatic heterocycles. The molecular weight excluding hydrogens is 239 g/mol. The largest absolute Gasteiger partial charge is 0.411 e. The fourth-order valence-electron chi connectivity index (χ4n) is 0.789. The summed E-state index contributed by atoms with van der Waals surface area (Å²) in [5.74, 6) is -0.787. The van der Waals surface area contributed by atoms with Crippen molar-refractivity contribution in [3.8, 4) is 0 Å². The van der Waals surface area contributed by atoms with Crippen LogP contribution in [-0.4, -0.2) is 8.42 Å². The second-order valence-electron chi connectivity index (χ2n) is 2.22. The summed E-state index contributed by atoms with van der Waals surface area (Å²) in [6.45, 7) is 0. The molecule has 0 aliphatic heterocycles. The van der Waals surface area contributed by atoms with Crippen LogP contribution in [-0.2, 0) is 10.4 Å². The van der Waals surface area contributed by atoms with Gasteiger partial charge in [0.2, 0.25) is 0 Å². The molecule has 1 aromatic carbocycles. The van der Waals surface area contributed by atoms with Crippen LogP contribution in [0.25, 0.3) is 0 Å². The molecule has 0 N–H and O–H groups in total. The third-order valence-corrected chi connectivity index (χ3v) is 2.93. The summed E-state index contributed by atoms with van der Waals surface area (Å²) in [5, 5.41) is 0. The van der Waals surface area contributed by atoms with Gasteiger partial charge in [-0.2, -0.15) is 12.1 Å². The summed E-state index contributed by atoms with van der Waals surface area (Å²) < 4.78 is 57.5. The Kier molecular flexibility index (Phi) is 3.27. The van der Waals surface area contributed by atoms with Crippen molar-refractivity contribution in [2.45, 2.75) is 0 Å². The van der Waals surface area contributed by atoms with E-state index in [1.54, 1.807) is 0 Å². The highest BCUT2D eigenvalue weighted by Crippen LogP contribution is 2.27. The topological polar surface area (TPSA) is 37.4 Å². The highest BCUT2D eigenvalue weighted by Gasteiger charge is 2.23. The average Bonchev–Trinajstić information content (AvgIpc) is 2.02. The molecule has 8 heteroatoms. The predicted molar refractivity (Wildman–Crippen MR) is 47.6 cm³/mol. The molecule has 1 rings (SSSR count). The van der Waals surface area contributed by atoms with Crippen LogP contribution < -0.4 is 3.71 Å². The monoisotopic (exact) mass is 243 g/mol. The van der Waals surface area contributed by atoms with Gasteiger partial charge in [-0.15, -0.1) is 3.89 Å². The number of rotatable bonds is 3. The third-order valence-electron chi connectivity index (χ3n) is 1.28. The van der Waals surface area contributed by atoms with Crippen molar-refractivity contribution in [1.82, 2.24) is 0 Å². The number of halogens is 3. The Bertz CT molecular complexity index is 423. The molecule has 0 spiro atoms. The Labute approximate surface area is 83.3 Å². The van der Waals surface area contributed by atoms with Gasteiger partial charge in [-0.1, -0.05) is 9.95 Å². The van der Waals surface area contributed by atoms with E-state index in [-0.39, 0.29) is 3.71 Å². The van der Waals surface area contributed by atoms with Crippen LogP contribution in [0.5, 0.6) is 0 Å². The van der Waals surface area contributed by atoms with Crippen LogP contribution in [0.3, 0.4) is 0 Å². The molecule has 0 radical (unpaired) electrons. The van der Waals surface area contributed by atoms with Gasteiger partial charge in [0.25, 0.3) is 0 Å². The summed E-state index contributed by atoms with van der Waals surface area (Å²) in [5.41, 5.74) is -0.431. The Morgan fingerprint density at radius 2 is 2.00 bits per heavy atom. The van der Waals surface area contributed by atoms with Gasteiger partial charge >= 0.3 is 10.4 Å². The van der Waals surface area contributed by atoms with E-state index in [1.807, 2.05) is 0 Å². The Hall–Kier alpha value is -0.890. The fourth-order valence-corrected chi connectivity index (χ4v) is 1.62. The van der Waals surface area contributed by atoms with Gasteiger partial charge in [0.05, 0.1) is 5.69 Å². The quantitative estimate of drug-likeness (QED) is 0.604. The van der Waals surface area contributed by atoms with E-state index in [0.717, 1.165) is 18.2 Å². The summed E-state index contributed by atoms with van der Waals surface area (Å²) in [4.78, 5) is 0. The summed E-state index contributed by atoms with van der Waals surface area (Å²) in [6.07, 6.45) is 0. The minimum Gasteiger partial charge on any atom is -0.207 e. The maximum absolute atomic E-state index is 12.6. The van der Waals surface area contributed by atoms with Crippen LogP contribution >= 0.6 is 12.3 Å². The molecule has 0 unspecified atom stereocenters. The standard InChI is InChI=1S/C6H4F3NO2S2/c7-5-2-1-3-6(4-5)10(13-8)14(9,11)12/h1-4H. The molecule has 0 fully saturated rings. The van der Waals surface area contributed by atoms with Gasteiger partial charge in [-0.25, -0.2) is 4.39 Å². The molecule has 78 valence electrons. The Balaban J connectivity index is 3.14. The molecule has 0 atom stereocenters. The number of nitrogens with zero attached hydrogens (tertiary/aromatic N) is 1. The van der Waals surface area contributed by atoms with Gasteiger partial charge < -0.3 is 0 Å². The lowest BCUT2D eigenvalue weighted by molar-refractivity contribution is 0.554. The highest BCUT2D eigenvalue weighted by atomic mass is 32.3. The van der Waals surface area contributed by atoms with Gasteiger partial charge in [0.1, 0.15) is 5.82 Å². The highest BCUT2D eigenvalue weighted by molar-refractivity contribution is 8.10. The van der Waals surface area contributed by atoms with E-state index in [0.29, 0.717) is 6.07 Å². The first-order valence-electron chi connectivity index (χ1n) is 3.24. The number of benzene rings is 1. The molecule has 0 bridgehead atoms. The molecule has 0 aliphatic carbocycles.